The molecule has 38 heavy (non-hydrogen) atoms. The van der Waals surface area contributed by atoms with Crippen LogP contribution in [-0.4, -0.2) is 16.3 Å². The van der Waals surface area contributed by atoms with Gasteiger partial charge in [0.15, 0.2) is 5.58 Å². The fourth-order valence-corrected chi connectivity index (χ4v) is 3.85. The summed E-state index contributed by atoms with van der Waals surface area (Å²) in [4.78, 5) is 8.86. The number of halogens is 5. The summed E-state index contributed by atoms with van der Waals surface area (Å²) in [6, 6.07) is 19.0. The van der Waals surface area contributed by atoms with E-state index in [1.54, 1.807) is 36.4 Å². The van der Waals surface area contributed by atoms with Crippen LogP contribution in [0.1, 0.15) is 11.1 Å². The van der Waals surface area contributed by atoms with Crippen molar-refractivity contribution in [2.45, 2.75) is 6.18 Å². The van der Waals surface area contributed by atoms with Crippen molar-refractivity contribution in [2.24, 2.45) is 15.2 Å². The lowest BCUT2D eigenvalue weighted by molar-refractivity contribution is -0.137. The summed E-state index contributed by atoms with van der Waals surface area (Å²) < 4.78 is 44.5. The van der Waals surface area contributed by atoms with E-state index in [0.29, 0.717) is 49.5 Å². The van der Waals surface area contributed by atoms with E-state index in [4.69, 9.17) is 27.6 Å². The molecule has 5 rings (SSSR count). The van der Waals surface area contributed by atoms with Gasteiger partial charge in [-0.2, -0.15) is 23.4 Å². The molecule has 190 valence electrons. The molecule has 0 bridgehead atoms. The van der Waals surface area contributed by atoms with Crippen molar-refractivity contribution in [1.29, 1.82) is 0 Å². The number of phenolic OH excluding ortho intramolecular Hbond substituents is 1. The largest absolute Gasteiger partial charge is 0.507 e. The number of rotatable bonds is 5. The molecule has 0 aliphatic rings. The van der Waals surface area contributed by atoms with Crippen molar-refractivity contribution in [2.75, 3.05) is 0 Å². The summed E-state index contributed by atoms with van der Waals surface area (Å²) in [5.41, 5.74) is 2.02. The molecule has 4 aromatic carbocycles. The van der Waals surface area contributed by atoms with E-state index < -0.39 is 11.7 Å². The van der Waals surface area contributed by atoms with Gasteiger partial charge in [-0.25, -0.2) is 4.98 Å². The predicted octanol–water partition coefficient (Wildman–Crippen LogP) is 9.69. The number of benzene rings is 4. The first-order chi connectivity index (χ1) is 18.2. The molecule has 0 spiro atoms. The number of aliphatic imine (C=N–C) groups is 1. The Morgan fingerprint density at radius 2 is 1.61 bits per heavy atom. The Balaban J connectivity index is 1.38. The van der Waals surface area contributed by atoms with E-state index in [9.17, 15) is 18.3 Å². The number of phenols is 1. The molecule has 11 heteroatoms. The van der Waals surface area contributed by atoms with Crippen LogP contribution in [0.4, 0.5) is 30.2 Å². The van der Waals surface area contributed by atoms with E-state index >= 15 is 0 Å². The van der Waals surface area contributed by atoms with E-state index in [0.717, 1.165) is 12.1 Å². The van der Waals surface area contributed by atoms with Crippen LogP contribution in [0, 0.1) is 0 Å². The SMILES string of the molecule is Oc1ccc(N=Nc2cccc(C(F)(F)F)c2)cc1C=Nc1ccc2oc(-c3cc(Cl)ccc3Cl)nc2c1. The Hall–Kier alpha value is -4.21. The van der Waals surface area contributed by atoms with E-state index in [-0.39, 0.29) is 11.4 Å². The molecule has 0 aliphatic carbocycles. The summed E-state index contributed by atoms with van der Waals surface area (Å²) >= 11 is 12.3. The summed E-state index contributed by atoms with van der Waals surface area (Å²) in [5, 5.41) is 19.0. The van der Waals surface area contributed by atoms with E-state index in [1.165, 1.54) is 36.5 Å². The van der Waals surface area contributed by atoms with Gasteiger partial charge in [0.2, 0.25) is 5.89 Å². The predicted molar refractivity (Wildman–Crippen MR) is 140 cm³/mol. The molecular weight excluding hydrogens is 540 g/mol. The van der Waals surface area contributed by atoms with Crippen LogP contribution in [0.25, 0.3) is 22.6 Å². The molecule has 0 unspecified atom stereocenters. The van der Waals surface area contributed by atoms with Gasteiger partial charge in [-0.05, 0) is 72.8 Å². The number of hydrogen-bond acceptors (Lipinski definition) is 6. The molecule has 0 saturated heterocycles. The van der Waals surface area contributed by atoms with Crippen LogP contribution in [0.15, 0.2) is 98.5 Å². The molecule has 0 fully saturated rings. The molecular formula is C27H15Cl2F3N4O2. The fourth-order valence-electron chi connectivity index (χ4n) is 3.48. The number of alkyl halides is 3. The van der Waals surface area contributed by atoms with Gasteiger partial charge in [0.1, 0.15) is 11.3 Å². The smallest absolute Gasteiger partial charge is 0.416 e. The van der Waals surface area contributed by atoms with Crippen molar-refractivity contribution in [3.05, 3.63) is 100 Å². The molecule has 1 heterocycles. The standard InChI is InChI=1S/C27H15Cl2F3N4O2/c28-17-4-7-22(29)21(12-17)26-34-23-13-18(6-9-25(23)38-26)33-14-15-10-20(5-8-24(15)37)36-35-19-3-1-2-16(11-19)27(30,31)32/h1-14,37H. The fraction of sp³-hybridized carbons (Fsp3) is 0.0370. The normalized spacial score (nSPS) is 12.2. The van der Waals surface area contributed by atoms with Crippen LogP contribution in [0.2, 0.25) is 10.0 Å². The second-order valence-electron chi connectivity index (χ2n) is 8.04. The average molecular weight is 555 g/mol. The topological polar surface area (TPSA) is 83.3 Å². The van der Waals surface area contributed by atoms with Gasteiger partial charge in [-0.3, -0.25) is 4.99 Å². The monoisotopic (exact) mass is 554 g/mol. The first kappa shape index (κ1) is 25.4. The van der Waals surface area contributed by atoms with Crippen LogP contribution in [-0.2, 0) is 6.18 Å². The highest BCUT2D eigenvalue weighted by atomic mass is 35.5. The highest BCUT2D eigenvalue weighted by Crippen LogP contribution is 2.34. The van der Waals surface area contributed by atoms with Crippen molar-refractivity contribution < 1.29 is 22.7 Å². The molecule has 0 saturated carbocycles. The van der Waals surface area contributed by atoms with Gasteiger partial charge >= 0.3 is 6.18 Å². The maximum Gasteiger partial charge on any atom is 0.416 e. The van der Waals surface area contributed by atoms with Crippen molar-refractivity contribution in [3.8, 4) is 17.2 Å². The lowest BCUT2D eigenvalue weighted by atomic mass is 10.2. The third-order valence-corrected chi connectivity index (χ3v) is 5.91. The molecule has 1 N–H and O–H groups in total. The van der Waals surface area contributed by atoms with Gasteiger partial charge in [-0.15, -0.1) is 0 Å². The zero-order chi connectivity index (χ0) is 26.9. The molecule has 0 radical (unpaired) electrons. The van der Waals surface area contributed by atoms with E-state index in [1.807, 2.05) is 0 Å². The minimum atomic E-state index is -4.48. The van der Waals surface area contributed by atoms with Gasteiger partial charge in [0.25, 0.3) is 0 Å². The number of aromatic nitrogens is 1. The van der Waals surface area contributed by atoms with Crippen LogP contribution in [0.5, 0.6) is 5.75 Å². The van der Waals surface area contributed by atoms with Crippen molar-refractivity contribution in [1.82, 2.24) is 4.98 Å². The van der Waals surface area contributed by atoms with Crippen molar-refractivity contribution >= 4 is 57.6 Å². The van der Waals surface area contributed by atoms with Crippen LogP contribution < -0.4 is 0 Å². The van der Waals surface area contributed by atoms with Gasteiger partial charge < -0.3 is 9.52 Å². The quantitative estimate of drug-likeness (QED) is 0.173. The number of nitrogens with zero attached hydrogens (tertiary/aromatic N) is 4. The molecule has 6 nitrogen and oxygen atoms in total. The van der Waals surface area contributed by atoms with Crippen molar-refractivity contribution in [3.63, 3.8) is 0 Å². The summed E-state index contributed by atoms with van der Waals surface area (Å²) in [5.74, 6) is 0.247. The van der Waals surface area contributed by atoms with Crippen LogP contribution in [0.3, 0.4) is 0 Å². The minimum absolute atomic E-state index is 0.0439. The molecule has 0 atom stereocenters. The molecule has 0 aliphatic heterocycles. The summed E-state index contributed by atoms with van der Waals surface area (Å²) in [7, 11) is 0. The maximum absolute atomic E-state index is 12.9. The average Bonchev–Trinajstić information content (AvgIpc) is 3.32. The zero-order valence-corrected chi connectivity index (χ0v) is 20.6. The first-order valence-electron chi connectivity index (χ1n) is 11.0. The number of fused-ring (bicyclic) bond motifs is 1. The zero-order valence-electron chi connectivity index (χ0n) is 19.1. The molecule has 1 aromatic heterocycles. The van der Waals surface area contributed by atoms with Gasteiger partial charge in [-0.1, -0.05) is 29.3 Å². The minimum Gasteiger partial charge on any atom is -0.507 e. The summed E-state index contributed by atoms with van der Waals surface area (Å²) in [6.07, 6.45) is -3.05. The number of aromatic hydroxyl groups is 1. The third kappa shape index (κ3) is 5.69. The number of oxazole rings is 1. The second-order valence-corrected chi connectivity index (χ2v) is 8.89. The van der Waals surface area contributed by atoms with Gasteiger partial charge in [0, 0.05) is 16.8 Å². The summed E-state index contributed by atoms with van der Waals surface area (Å²) in [6.45, 7) is 0. The lowest BCUT2D eigenvalue weighted by Gasteiger charge is -2.06. The molecule has 0 amide bonds. The third-order valence-electron chi connectivity index (χ3n) is 5.35. The number of azo groups is 1. The number of hydrogen-bond donors (Lipinski definition) is 1. The van der Waals surface area contributed by atoms with Crippen LogP contribution >= 0.6 is 23.2 Å². The Morgan fingerprint density at radius 1 is 0.842 bits per heavy atom. The van der Waals surface area contributed by atoms with Gasteiger partial charge in [0.05, 0.1) is 33.2 Å². The lowest BCUT2D eigenvalue weighted by Crippen LogP contribution is -2.03. The highest BCUT2D eigenvalue weighted by molar-refractivity contribution is 6.35. The Bertz CT molecular complexity index is 1710. The molecule has 5 aromatic rings. The maximum atomic E-state index is 12.9. The Labute approximate surface area is 223 Å². The second kappa shape index (κ2) is 10.3. The highest BCUT2D eigenvalue weighted by Gasteiger charge is 2.30. The Morgan fingerprint density at radius 3 is 2.39 bits per heavy atom. The van der Waals surface area contributed by atoms with E-state index in [2.05, 4.69) is 20.2 Å². The first-order valence-corrected chi connectivity index (χ1v) is 11.7. The Kier molecular flexibility index (Phi) is 6.88.